The van der Waals surface area contributed by atoms with Gasteiger partial charge in [-0.15, -0.1) is 0 Å². The van der Waals surface area contributed by atoms with E-state index in [1.165, 1.54) is 7.11 Å². The largest absolute Gasteiger partial charge is 0.464 e. The molecule has 0 spiro atoms. The van der Waals surface area contributed by atoms with Gasteiger partial charge < -0.3 is 4.74 Å². The van der Waals surface area contributed by atoms with Gasteiger partial charge in [-0.05, 0) is 25.8 Å². The van der Waals surface area contributed by atoms with Gasteiger partial charge in [-0.3, -0.25) is 14.2 Å². The fourth-order valence-corrected chi connectivity index (χ4v) is 2.47. The van der Waals surface area contributed by atoms with Crippen LogP contribution in [-0.2, 0) is 11.8 Å². The lowest BCUT2D eigenvalue weighted by Crippen LogP contribution is -2.18. The third-order valence-corrected chi connectivity index (χ3v) is 3.47. The summed E-state index contributed by atoms with van der Waals surface area (Å²) in [5.74, 6) is -0.506. The molecule has 2 aromatic heterocycles. The number of carbonyl (C=O) groups excluding carboxylic acids is 1. The highest BCUT2D eigenvalue weighted by molar-refractivity contribution is 6.01. The van der Waals surface area contributed by atoms with Crippen molar-refractivity contribution in [2.45, 2.75) is 25.8 Å². The van der Waals surface area contributed by atoms with Gasteiger partial charge in [0.2, 0.25) is 0 Å². The number of aromatic nitrogens is 3. The molecular weight excluding hydrogens is 246 g/mol. The lowest BCUT2D eigenvalue weighted by Gasteiger charge is -2.09. The zero-order valence-electron chi connectivity index (χ0n) is 11.1. The molecule has 0 bridgehead atoms. The number of methoxy groups -OCH3 is 1. The highest BCUT2D eigenvalue weighted by atomic mass is 16.5. The molecule has 0 unspecified atom stereocenters. The highest BCUT2D eigenvalue weighted by Gasteiger charge is 2.31. The molecule has 0 amide bonds. The van der Waals surface area contributed by atoms with E-state index in [9.17, 15) is 9.59 Å². The van der Waals surface area contributed by atoms with Crippen molar-refractivity contribution in [1.29, 1.82) is 0 Å². The maximum absolute atomic E-state index is 12.3. The van der Waals surface area contributed by atoms with Gasteiger partial charge in [0.25, 0.3) is 5.56 Å². The summed E-state index contributed by atoms with van der Waals surface area (Å²) in [5.41, 5.74) is 1.35. The Labute approximate surface area is 109 Å². The molecule has 2 aromatic rings. The number of carbonyl (C=O) groups is 1. The SMILES string of the molecule is COC(=O)c1nc(C)cc2c(=O)n(C)n(C3CC3)c12. The van der Waals surface area contributed by atoms with Crippen molar-refractivity contribution in [3.63, 3.8) is 0 Å². The molecule has 0 saturated heterocycles. The number of pyridine rings is 1. The van der Waals surface area contributed by atoms with E-state index in [0.717, 1.165) is 12.8 Å². The number of fused-ring (bicyclic) bond motifs is 1. The second-order valence-electron chi connectivity index (χ2n) is 4.90. The fourth-order valence-electron chi connectivity index (χ4n) is 2.47. The van der Waals surface area contributed by atoms with Crippen LogP contribution >= 0.6 is 0 Å². The Bertz CT molecular complexity index is 738. The average Bonchev–Trinajstić information content (AvgIpc) is 3.19. The first-order chi connectivity index (χ1) is 9.04. The average molecular weight is 261 g/mol. The Balaban J connectivity index is 2.45. The van der Waals surface area contributed by atoms with Crippen molar-refractivity contribution in [1.82, 2.24) is 14.3 Å². The summed E-state index contributed by atoms with van der Waals surface area (Å²) in [4.78, 5) is 28.4. The minimum Gasteiger partial charge on any atom is -0.464 e. The number of aryl methyl sites for hydroxylation is 1. The van der Waals surface area contributed by atoms with Gasteiger partial charge in [-0.25, -0.2) is 9.78 Å². The molecular formula is C13H15N3O3. The van der Waals surface area contributed by atoms with Crippen LogP contribution in [0.5, 0.6) is 0 Å². The Kier molecular flexibility index (Phi) is 2.48. The molecule has 1 aliphatic rings. The maximum atomic E-state index is 12.3. The van der Waals surface area contributed by atoms with Gasteiger partial charge in [0.05, 0.1) is 18.5 Å². The molecule has 100 valence electrons. The Morgan fingerprint density at radius 2 is 2.16 bits per heavy atom. The Morgan fingerprint density at radius 3 is 2.74 bits per heavy atom. The molecule has 1 fully saturated rings. The Morgan fingerprint density at radius 1 is 1.47 bits per heavy atom. The highest BCUT2D eigenvalue weighted by Crippen LogP contribution is 2.37. The zero-order valence-corrected chi connectivity index (χ0v) is 11.1. The summed E-state index contributed by atoms with van der Waals surface area (Å²) in [6.45, 7) is 1.76. The van der Waals surface area contributed by atoms with E-state index in [1.54, 1.807) is 24.7 Å². The van der Waals surface area contributed by atoms with Crippen molar-refractivity contribution < 1.29 is 9.53 Å². The third-order valence-electron chi connectivity index (χ3n) is 3.47. The first-order valence-corrected chi connectivity index (χ1v) is 6.21. The molecule has 0 aromatic carbocycles. The van der Waals surface area contributed by atoms with E-state index in [-0.39, 0.29) is 17.3 Å². The van der Waals surface area contributed by atoms with Crippen LogP contribution in [0.25, 0.3) is 10.9 Å². The molecule has 1 aliphatic carbocycles. The van der Waals surface area contributed by atoms with Crippen molar-refractivity contribution in [3.8, 4) is 0 Å². The summed E-state index contributed by atoms with van der Waals surface area (Å²) in [5, 5.41) is 0.530. The van der Waals surface area contributed by atoms with Gasteiger partial charge in [-0.1, -0.05) is 0 Å². The summed E-state index contributed by atoms with van der Waals surface area (Å²) in [6, 6.07) is 2.01. The normalized spacial score (nSPS) is 14.9. The van der Waals surface area contributed by atoms with Crippen molar-refractivity contribution in [3.05, 3.63) is 27.8 Å². The molecule has 19 heavy (non-hydrogen) atoms. The lowest BCUT2D eigenvalue weighted by molar-refractivity contribution is 0.0595. The second kappa shape index (κ2) is 3.94. The molecule has 3 rings (SSSR count). The Hall–Kier alpha value is -2.11. The predicted molar refractivity (Wildman–Crippen MR) is 69.3 cm³/mol. The van der Waals surface area contributed by atoms with Gasteiger partial charge in [-0.2, -0.15) is 0 Å². The van der Waals surface area contributed by atoms with E-state index in [4.69, 9.17) is 4.74 Å². The smallest absolute Gasteiger partial charge is 0.358 e. The van der Waals surface area contributed by atoms with E-state index < -0.39 is 5.97 Å². The van der Waals surface area contributed by atoms with E-state index in [0.29, 0.717) is 16.6 Å². The van der Waals surface area contributed by atoms with Crippen molar-refractivity contribution in [2.24, 2.45) is 7.05 Å². The number of nitrogens with zero attached hydrogens (tertiary/aromatic N) is 3. The van der Waals surface area contributed by atoms with Crippen molar-refractivity contribution >= 4 is 16.9 Å². The monoisotopic (exact) mass is 261 g/mol. The number of ether oxygens (including phenoxy) is 1. The minimum absolute atomic E-state index is 0.0995. The van der Waals surface area contributed by atoms with E-state index >= 15 is 0 Å². The van der Waals surface area contributed by atoms with Gasteiger partial charge in [0.1, 0.15) is 5.52 Å². The molecule has 2 heterocycles. The van der Waals surface area contributed by atoms with Crippen LogP contribution in [-0.4, -0.2) is 27.4 Å². The van der Waals surface area contributed by atoms with Crippen LogP contribution in [0.2, 0.25) is 0 Å². The first kappa shape index (κ1) is 12.0. The summed E-state index contributed by atoms with van der Waals surface area (Å²) in [6.07, 6.45) is 2.04. The lowest BCUT2D eigenvalue weighted by atomic mass is 10.2. The van der Waals surface area contributed by atoms with Crippen LogP contribution < -0.4 is 5.56 Å². The maximum Gasteiger partial charge on any atom is 0.358 e. The van der Waals surface area contributed by atoms with Crippen LogP contribution in [0.3, 0.4) is 0 Å². The number of rotatable bonds is 2. The van der Waals surface area contributed by atoms with Crippen LogP contribution in [0.1, 0.15) is 35.1 Å². The predicted octanol–water partition coefficient (Wildman–Crippen LogP) is 1.16. The summed E-state index contributed by atoms with van der Waals surface area (Å²) < 4.78 is 8.21. The summed E-state index contributed by atoms with van der Waals surface area (Å²) >= 11 is 0. The quantitative estimate of drug-likeness (QED) is 0.761. The fraction of sp³-hybridized carbons (Fsp3) is 0.462. The van der Waals surface area contributed by atoms with Crippen LogP contribution in [0.4, 0.5) is 0 Å². The molecule has 0 N–H and O–H groups in total. The van der Waals surface area contributed by atoms with Gasteiger partial charge >= 0.3 is 5.97 Å². The topological polar surface area (TPSA) is 66.1 Å². The molecule has 0 aliphatic heterocycles. The zero-order chi connectivity index (χ0) is 13.7. The van der Waals surface area contributed by atoms with E-state index in [2.05, 4.69) is 4.98 Å². The second-order valence-corrected chi connectivity index (χ2v) is 4.90. The first-order valence-electron chi connectivity index (χ1n) is 6.21. The molecule has 0 radical (unpaired) electrons. The number of esters is 1. The third kappa shape index (κ3) is 1.67. The van der Waals surface area contributed by atoms with E-state index in [1.807, 2.05) is 4.68 Å². The molecule has 6 nitrogen and oxygen atoms in total. The number of hydrogen-bond donors (Lipinski definition) is 0. The van der Waals surface area contributed by atoms with Crippen LogP contribution in [0, 0.1) is 6.92 Å². The van der Waals surface area contributed by atoms with Gasteiger partial charge in [0.15, 0.2) is 5.69 Å². The standard InChI is InChI=1S/C13H15N3O3/c1-7-6-9-11(10(14-7)13(18)19-3)16(8-4-5-8)15(2)12(9)17/h6,8H,4-5H2,1-3H3. The molecule has 6 heteroatoms. The van der Waals surface area contributed by atoms with Crippen LogP contribution in [0.15, 0.2) is 10.9 Å². The van der Waals surface area contributed by atoms with Gasteiger partial charge in [0, 0.05) is 12.7 Å². The minimum atomic E-state index is -0.506. The molecule has 1 saturated carbocycles. The summed E-state index contributed by atoms with van der Waals surface area (Å²) in [7, 11) is 3.04. The molecule has 0 atom stereocenters. The number of hydrogen-bond acceptors (Lipinski definition) is 4. The van der Waals surface area contributed by atoms with Crippen molar-refractivity contribution in [2.75, 3.05) is 7.11 Å².